The summed E-state index contributed by atoms with van der Waals surface area (Å²) in [6.07, 6.45) is 0.538. The number of carbonyl (C=O) groups excluding carboxylic acids is 1. The predicted octanol–water partition coefficient (Wildman–Crippen LogP) is 2.33. The van der Waals surface area contributed by atoms with Crippen molar-refractivity contribution in [2.75, 3.05) is 13.2 Å². The number of ether oxygens (including phenoxy) is 2. The largest absolute Gasteiger partial charge is 0.456 e. The van der Waals surface area contributed by atoms with E-state index in [1.54, 1.807) is 0 Å². The van der Waals surface area contributed by atoms with Crippen molar-refractivity contribution in [3.63, 3.8) is 0 Å². The molecule has 1 aromatic rings. The summed E-state index contributed by atoms with van der Waals surface area (Å²) in [7, 11) is 0. The molecule has 2 rings (SSSR count). The minimum atomic E-state index is -0.457. The fourth-order valence-corrected chi connectivity index (χ4v) is 1.87. The Bertz CT molecular complexity index is 385. The Morgan fingerprint density at radius 1 is 1.44 bits per heavy atom. The van der Waals surface area contributed by atoms with Crippen LogP contribution in [-0.2, 0) is 9.47 Å². The average molecular weight is 262 g/mol. The van der Waals surface area contributed by atoms with Gasteiger partial charge in [-0.15, -0.1) is 0 Å². The molecule has 0 aliphatic carbocycles. The molecule has 6 heteroatoms. The summed E-state index contributed by atoms with van der Waals surface area (Å²) in [5.74, 6) is -0.457. The number of halogens is 2. The maximum Gasteiger partial charge on any atom is 0.338 e. The van der Waals surface area contributed by atoms with Crippen LogP contribution >= 0.6 is 23.2 Å². The number of esters is 1. The summed E-state index contributed by atoms with van der Waals surface area (Å²) >= 11 is 11.4. The molecule has 1 aliphatic rings. The first kappa shape index (κ1) is 11.6. The number of hydrogen-bond acceptors (Lipinski definition) is 4. The highest BCUT2D eigenvalue weighted by Gasteiger charge is 2.21. The second kappa shape index (κ2) is 4.99. The molecular weight excluding hydrogens is 253 g/mol. The molecule has 4 nitrogen and oxygen atoms in total. The summed E-state index contributed by atoms with van der Waals surface area (Å²) < 4.78 is 10.3. The zero-order valence-electron chi connectivity index (χ0n) is 8.28. The molecule has 1 unspecified atom stereocenters. The van der Waals surface area contributed by atoms with Crippen molar-refractivity contribution in [2.45, 2.75) is 12.5 Å². The maximum absolute atomic E-state index is 11.7. The van der Waals surface area contributed by atoms with Crippen molar-refractivity contribution in [3.8, 4) is 0 Å². The van der Waals surface area contributed by atoms with E-state index in [9.17, 15) is 4.79 Å². The average Bonchev–Trinajstić information content (AvgIpc) is 2.68. The van der Waals surface area contributed by atoms with E-state index in [-0.39, 0.29) is 16.4 Å². The minimum Gasteiger partial charge on any atom is -0.456 e. The van der Waals surface area contributed by atoms with Gasteiger partial charge in [-0.05, 0) is 12.1 Å². The third-order valence-electron chi connectivity index (χ3n) is 2.16. The van der Waals surface area contributed by atoms with Gasteiger partial charge in [-0.25, -0.2) is 9.78 Å². The zero-order valence-corrected chi connectivity index (χ0v) is 9.79. The lowest BCUT2D eigenvalue weighted by atomic mass is 10.2. The molecular formula is C10H9Cl2NO3. The first-order valence-electron chi connectivity index (χ1n) is 4.77. The molecule has 0 N–H and O–H groups in total. The van der Waals surface area contributed by atoms with Gasteiger partial charge in [0.2, 0.25) is 0 Å². The fourth-order valence-electron chi connectivity index (χ4n) is 1.41. The normalized spacial score (nSPS) is 19.8. The van der Waals surface area contributed by atoms with Gasteiger partial charge in [0.15, 0.2) is 0 Å². The molecule has 16 heavy (non-hydrogen) atoms. The monoisotopic (exact) mass is 261 g/mol. The van der Waals surface area contributed by atoms with E-state index in [1.807, 2.05) is 0 Å². The molecule has 0 aromatic carbocycles. The van der Waals surface area contributed by atoms with Crippen LogP contribution in [-0.4, -0.2) is 30.3 Å². The molecule has 86 valence electrons. The van der Waals surface area contributed by atoms with Crippen molar-refractivity contribution >= 4 is 29.2 Å². The summed E-state index contributed by atoms with van der Waals surface area (Å²) in [5.41, 5.74) is 0.303. The van der Waals surface area contributed by atoms with Crippen LogP contribution < -0.4 is 0 Å². The van der Waals surface area contributed by atoms with E-state index in [2.05, 4.69) is 4.98 Å². The van der Waals surface area contributed by atoms with Crippen molar-refractivity contribution in [3.05, 3.63) is 28.0 Å². The minimum absolute atomic E-state index is 0.169. The van der Waals surface area contributed by atoms with Gasteiger partial charge in [-0.2, -0.15) is 0 Å². The third-order valence-corrected chi connectivity index (χ3v) is 2.55. The number of pyridine rings is 1. The molecule has 1 saturated heterocycles. The predicted molar refractivity (Wildman–Crippen MR) is 58.9 cm³/mol. The van der Waals surface area contributed by atoms with E-state index in [4.69, 9.17) is 32.7 Å². The van der Waals surface area contributed by atoms with Crippen LogP contribution in [0.4, 0.5) is 0 Å². The second-order valence-corrected chi connectivity index (χ2v) is 4.17. The Labute approximate surface area is 102 Å². The summed E-state index contributed by atoms with van der Waals surface area (Å²) in [6.45, 7) is 1.06. The Morgan fingerprint density at radius 3 is 2.69 bits per heavy atom. The topological polar surface area (TPSA) is 48.4 Å². The van der Waals surface area contributed by atoms with Gasteiger partial charge in [0.1, 0.15) is 16.4 Å². The van der Waals surface area contributed by atoms with Gasteiger partial charge in [0.05, 0.1) is 18.8 Å². The van der Waals surface area contributed by atoms with Crippen LogP contribution in [0.2, 0.25) is 10.3 Å². The Morgan fingerprint density at radius 2 is 2.12 bits per heavy atom. The highest BCUT2D eigenvalue weighted by molar-refractivity contribution is 6.32. The molecule has 0 radical (unpaired) electrons. The van der Waals surface area contributed by atoms with Crippen LogP contribution in [0.15, 0.2) is 12.1 Å². The van der Waals surface area contributed by atoms with Crippen LogP contribution in [0, 0.1) is 0 Å². The maximum atomic E-state index is 11.7. The lowest BCUT2D eigenvalue weighted by Crippen LogP contribution is -2.18. The van der Waals surface area contributed by atoms with E-state index in [1.165, 1.54) is 12.1 Å². The van der Waals surface area contributed by atoms with Crippen molar-refractivity contribution in [1.82, 2.24) is 4.98 Å². The molecule has 1 fully saturated rings. The molecule has 1 atom stereocenters. The number of rotatable bonds is 2. The van der Waals surface area contributed by atoms with Gasteiger partial charge in [0.25, 0.3) is 0 Å². The summed E-state index contributed by atoms with van der Waals surface area (Å²) in [6, 6.07) is 2.84. The number of aromatic nitrogens is 1. The lowest BCUT2D eigenvalue weighted by molar-refractivity contribution is 0.0270. The van der Waals surface area contributed by atoms with Crippen molar-refractivity contribution in [1.29, 1.82) is 0 Å². The smallest absolute Gasteiger partial charge is 0.338 e. The summed E-state index contributed by atoms with van der Waals surface area (Å²) in [4.78, 5) is 15.4. The molecule has 0 amide bonds. The Hall–Kier alpha value is -0.840. The van der Waals surface area contributed by atoms with Gasteiger partial charge in [0, 0.05) is 6.42 Å². The van der Waals surface area contributed by atoms with Crippen LogP contribution in [0.3, 0.4) is 0 Å². The number of carbonyl (C=O) groups is 1. The van der Waals surface area contributed by atoms with Crippen molar-refractivity contribution < 1.29 is 14.3 Å². The van der Waals surface area contributed by atoms with E-state index >= 15 is 0 Å². The highest BCUT2D eigenvalue weighted by atomic mass is 35.5. The van der Waals surface area contributed by atoms with Gasteiger partial charge < -0.3 is 9.47 Å². The first-order chi connectivity index (χ1) is 7.65. The highest BCUT2D eigenvalue weighted by Crippen LogP contribution is 2.17. The number of hydrogen-bond donors (Lipinski definition) is 0. The molecule has 1 aliphatic heterocycles. The van der Waals surface area contributed by atoms with Gasteiger partial charge >= 0.3 is 5.97 Å². The molecule has 0 saturated carbocycles. The van der Waals surface area contributed by atoms with E-state index < -0.39 is 5.97 Å². The number of nitrogens with zero attached hydrogens (tertiary/aromatic N) is 1. The van der Waals surface area contributed by atoms with Gasteiger partial charge in [-0.1, -0.05) is 23.2 Å². The Kier molecular flexibility index (Phi) is 3.63. The van der Waals surface area contributed by atoms with Gasteiger partial charge in [-0.3, -0.25) is 0 Å². The van der Waals surface area contributed by atoms with Crippen molar-refractivity contribution in [2.24, 2.45) is 0 Å². The van der Waals surface area contributed by atoms with Crippen LogP contribution in [0.1, 0.15) is 16.8 Å². The van der Waals surface area contributed by atoms with Crippen LogP contribution in [0.25, 0.3) is 0 Å². The molecule has 1 aromatic heterocycles. The second-order valence-electron chi connectivity index (χ2n) is 3.39. The zero-order chi connectivity index (χ0) is 11.5. The van der Waals surface area contributed by atoms with E-state index in [0.29, 0.717) is 18.8 Å². The molecule has 2 heterocycles. The lowest BCUT2D eigenvalue weighted by Gasteiger charge is -2.10. The third kappa shape index (κ3) is 2.84. The van der Waals surface area contributed by atoms with Crippen LogP contribution in [0.5, 0.6) is 0 Å². The van der Waals surface area contributed by atoms with E-state index in [0.717, 1.165) is 6.42 Å². The first-order valence-corrected chi connectivity index (χ1v) is 5.52. The molecule has 0 spiro atoms. The summed E-state index contributed by atoms with van der Waals surface area (Å²) in [5, 5.41) is 0.337. The quantitative estimate of drug-likeness (QED) is 0.606. The fraction of sp³-hybridized carbons (Fsp3) is 0.400. The SMILES string of the molecule is O=C(OC1CCOC1)c1cc(Cl)nc(Cl)c1. The molecule has 0 bridgehead atoms. The Balaban J connectivity index is 2.07. The standard InChI is InChI=1S/C10H9Cl2NO3/c11-8-3-6(4-9(12)13-8)10(14)16-7-1-2-15-5-7/h3-4,7H,1-2,5H2.